The van der Waals surface area contributed by atoms with Gasteiger partial charge in [-0.05, 0) is 88.3 Å². The number of amides is 1. The largest absolute Gasteiger partial charge is 0.506 e. The Kier molecular flexibility index (Phi) is 9.46. The number of hydrogen-bond acceptors (Lipinski definition) is 7. The molecule has 0 unspecified atom stereocenters. The Morgan fingerprint density at radius 1 is 1.34 bits per heavy atom. The number of halogens is 2. The van der Waals surface area contributed by atoms with E-state index >= 15 is 0 Å². The lowest BCUT2D eigenvalue weighted by atomic mass is 9.95. The first kappa shape index (κ1) is 26.9. The Bertz CT molecular complexity index is 1200. The molecular weight excluding hydrogens is 651 g/mol. The molecule has 1 aliphatic rings. The monoisotopic (exact) mass is 672 g/mol. The van der Waals surface area contributed by atoms with Gasteiger partial charge in [0.25, 0.3) is 5.91 Å². The van der Waals surface area contributed by atoms with Crippen LogP contribution in [-0.4, -0.2) is 41.5 Å². The molecule has 0 bridgehead atoms. The van der Waals surface area contributed by atoms with E-state index in [1.165, 1.54) is 6.21 Å². The Morgan fingerprint density at radius 3 is 2.80 bits per heavy atom. The van der Waals surface area contributed by atoms with E-state index in [2.05, 4.69) is 37.1 Å². The van der Waals surface area contributed by atoms with E-state index < -0.39 is 17.9 Å². The first-order valence-corrected chi connectivity index (χ1v) is 12.7. The summed E-state index contributed by atoms with van der Waals surface area (Å²) in [5.41, 5.74) is 4.67. The van der Waals surface area contributed by atoms with Crippen LogP contribution in [0.5, 0.6) is 11.5 Å². The molecule has 0 aromatic heterocycles. The fourth-order valence-electron chi connectivity index (χ4n) is 3.27. The average Bonchev–Trinajstić information content (AvgIpc) is 2.81. The van der Waals surface area contributed by atoms with Gasteiger partial charge >= 0.3 is 5.97 Å². The molecule has 0 aliphatic carbocycles. The van der Waals surface area contributed by atoms with Crippen molar-refractivity contribution in [3.63, 3.8) is 0 Å². The van der Waals surface area contributed by atoms with Crippen LogP contribution in [0.25, 0.3) is 0 Å². The maximum absolute atomic E-state index is 12.6. The van der Waals surface area contributed by atoms with Gasteiger partial charge < -0.3 is 25.2 Å². The summed E-state index contributed by atoms with van der Waals surface area (Å²) >= 11 is 10.5. The summed E-state index contributed by atoms with van der Waals surface area (Å²) < 4.78 is 12.1. The number of hydrogen-bond donors (Lipinski definition) is 4. The topological polar surface area (TPSA) is 121 Å². The fraction of sp³-hybridized carbons (Fsp3) is 0.217. The molecule has 0 saturated carbocycles. The van der Waals surface area contributed by atoms with Crippen molar-refractivity contribution in [3.8, 4) is 11.5 Å². The van der Waals surface area contributed by atoms with Gasteiger partial charge in [-0.2, -0.15) is 5.10 Å². The molecule has 1 amide bonds. The summed E-state index contributed by atoms with van der Waals surface area (Å²) in [5.74, 6) is -0.413. The Balaban J connectivity index is 1.71. The second-order valence-corrected chi connectivity index (χ2v) is 9.67. The number of allylic oxidation sites excluding steroid dienone is 1. The molecule has 0 fully saturated rings. The lowest BCUT2D eigenvalue weighted by Gasteiger charge is -2.30. The zero-order valence-corrected chi connectivity index (χ0v) is 23.3. The second kappa shape index (κ2) is 12.3. The summed E-state index contributed by atoms with van der Waals surface area (Å²) in [6.45, 7) is 3.40. The Hall–Kier alpha value is -2.71. The minimum atomic E-state index is -0.615. The highest BCUT2D eigenvalue weighted by Crippen LogP contribution is 2.33. The number of aromatic hydroxyl groups is 1. The van der Waals surface area contributed by atoms with E-state index in [-0.39, 0.29) is 19.0 Å². The number of phenolic OH excluding ortho intramolecular Hbond substituents is 1. The highest BCUT2D eigenvalue weighted by molar-refractivity contribution is 14.1. The summed E-state index contributed by atoms with van der Waals surface area (Å²) in [6, 6.07) is 9.83. The van der Waals surface area contributed by atoms with E-state index in [1.807, 2.05) is 22.6 Å². The van der Waals surface area contributed by atoms with Crippen LogP contribution in [0.4, 0.5) is 0 Å². The molecule has 1 aliphatic heterocycles. The summed E-state index contributed by atoms with van der Waals surface area (Å²) in [6.07, 6.45) is 1.46. The van der Waals surface area contributed by atoms with Crippen molar-refractivity contribution in [3.05, 3.63) is 66.8 Å². The number of esters is 1. The van der Waals surface area contributed by atoms with Crippen LogP contribution >= 0.6 is 50.7 Å². The molecule has 4 N–H and O–H groups in total. The molecule has 0 radical (unpaired) electrons. The smallest absolute Gasteiger partial charge is 0.338 e. The number of ether oxygens (including phenoxy) is 2. The first-order chi connectivity index (χ1) is 16.7. The zero-order chi connectivity index (χ0) is 25.5. The molecule has 3 rings (SSSR count). The fourth-order valence-corrected chi connectivity index (χ4v) is 5.04. The maximum Gasteiger partial charge on any atom is 0.338 e. The number of carbonyl (C=O) groups is 2. The number of nitrogens with one attached hydrogen (secondary N) is 3. The van der Waals surface area contributed by atoms with Crippen LogP contribution in [0, 0.1) is 3.57 Å². The van der Waals surface area contributed by atoms with Crippen molar-refractivity contribution in [2.75, 3.05) is 13.2 Å². The number of para-hydroxylation sites is 1. The molecule has 1 atom stereocenters. The SMILES string of the molecule is CCOC(=O)C1=C(C)NC(=S)N[C@@H]1c1ccccc1OCC(=O)NN=Cc1cc(Br)c(O)c(I)c1. The second-order valence-electron chi connectivity index (χ2n) is 7.24. The number of benzene rings is 2. The third-order valence-electron chi connectivity index (χ3n) is 4.80. The van der Waals surface area contributed by atoms with Crippen LogP contribution in [0.2, 0.25) is 0 Å². The van der Waals surface area contributed by atoms with Crippen LogP contribution < -0.4 is 20.8 Å². The zero-order valence-electron chi connectivity index (χ0n) is 18.7. The quantitative estimate of drug-likeness (QED) is 0.110. The molecule has 0 spiro atoms. The van der Waals surface area contributed by atoms with Crippen LogP contribution in [0.3, 0.4) is 0 Å². The van der Waals surface area contributed by atoms with Crippen LogP contribution in [-0.2, 0) is 14.3 Å². The summed E-state index contributed by atoms with van der Waals surface area (Å²) in [4.78, 5) is 24.9. The predicted octanol–water partition coefficient (Wildman–Crippen LogP) is 3.64. The van der Waals surface area contributed by atoms with Gasteiger partial charge in [-0.3, -0.25) is 4.79 Å². The van der Waals surface area contributed by atoms with Crippen molar-refractivity contribution < 1.29 is 24.2 Å². The third kappa shape index (κ3) is 6.92. The van der Waals surface area contributed by atoms with Gasteiger partial charge in [-0.25, -0.2) is 10.2 Å². The number of rotatable bonds is 8. The maximum atomic E-state index is 12.6. The summed E-state index contributed by atoms with van der Waals surface area (Å²) in [5, 5.41) is 20.1. The highest BCUT2D eigenvalue weighted by Gasteiger charge is 2.32. The van der Waals surface area contributed by atoms with E-state index in [0.29, 0.717) is 41.3 Å². The van der Waals surface area contributed by atoms with Gasteiger partial charge in [0.2, 0.25) is 0 Å². The van der Waals surface area contributed by atoms with E-state index in [9.17, 15) is 14.7 Å². The molecule has 0 saturated heterocycles. The Labute approximate surface area is 229 Å². The van der Waals surface area contributed by atoms with Gasteiger partial charge in [-0.1, -0.05) is 18.2 Å². The van der Waals surface area contributed by atoms with Crippen LogP contribution in [0.1, 0.15) is 31.0 Å². The van der Waals surface area contributed by atoms with Crippen molar-refractivity contribution in [2.45, 2.75) is 19.9 Å². The predicted molar refractivity (Wildman–Crippen MR) is 147 cm³/mol. The highest BCUT2D eigenvalue weighted by atomic mass is 127. The normalized spacial score (nSPS) is 15.4. The minimum absolute atomic E-state index is 0.138. The van der Waals surface area contributed by atoms with Gasteiger partial charge in [0.1, 0.15) is 11.5 Å². The number of phenols is 1. The molecule has 12 heteroatoms. The molecule has 184 valence electrons. The van der Waals surface area contributed by atoms with Crippen molar-refractivity contribution in [1.29, 1.82) is 0 Å². The molecule has 2 aromatic carbocycles. The minimum Gasteiger partial charge on any atom is -0.506 e. The molecular formula is C23H22BrIN4O5S. The Morgan fingerprint density at radius 2 is 2.09 bits per heavy atom. The molecule has 2 aromatic rings. The van der Waals surface area contributed by atoms with Crippen molar-refractivity contribution in [1.82, 2.24) is 16.1 Å². The van der Waals surface area contributed by atoms with Gasteiger partial charge in [-0.15, -0.1) is 0 Å². The van der Waals surface area contributed by atoms with Gasteiger partial charge in [0, 0.05) is 11.3 Å². The van der Waals surface area contributed by atoms with Gasteiger partial charge in [0.15, 0.2) is 11.7 Å². The number of nitrogens with zero attached hydrogens (tertiary/aromatic N) is 1. The summed E-state index contributed by atoms with van der Waals surface area (Å²) in [7, 11) is 0. The standard InChI is InChI=1S/C23H22BrIN4O5S/c1-3-33-22(32)19-12(2)27-23(35)28-20(19)14-6-4-5-7-17(14)34-11-18(30)29-26-10-13-8-15(24)21(31)16(25)9-13/h4-10,20,31H,3,11H2,1-2H3,(H,29,30)(H2,27,28,35)/t20-/m1/s1. The number of hydrazone groups is 1. The van der Waals surface area contributed by atoms with Crippen LogP contribution in [0.15, 0.2) is 57.2 Å². The van der Waals surface area contributed by atoms with E-state index in [4.69, 9.17) is 21.7 Å². The van der Waals surface area contributed by atoms with E-state index in [1.54, 1.807) is 50.2 Å². The van der Waals surface area contributed by atoms with E-state index in [0.717, 1.165) is 0 Å². The molecule has 35 heavy (non-hydrogen) atoms. The lowest BCUT2D eigenvalue weighted by molar-refractivity contribution is -0.139. The molecule has 1 heterocycles. The number of thiocarbonyl (C=S) groups is 1. The first-order valence-electron chi connectivity index (χ1n) is 10.4. The average molecular weight is 673 g/mol. The lowest BCUT2D eigenvalue weighted by Crippen LogP contribution is -2.45. The van der Waals surface area contributed by atoms with Crippen molar-refractivity contribution >= 4 is 73.9 Å². The van der Waals surface area contributed by atoms with Gasteiger partial charge in [0.05, 0.1) is 32.5 Å². The third-order valence-corrected chi connectivity index (χ3v) is 6.44. The van der Waals surface area contributed by atoms with Crippen molar-refractivity contribution in [2.24, 2.45) is 5.10 Å². The number of carbonyl (C=O) groups excluding carboxylic acids is 2. The molecule has 9 nitrogen and oxygen atoms in total.